The van der Waals surface area contributed by atoms with Gasteiger partial charge in [-0.15, -0.1) is 0 Å². The smallest absolute Gasteiger partial charge is 0.307 e. The van der Waals surface area contributed by atoms with Crippen LogP contribution in [0, 0.1) is 11.6 Å². The van der Waals surface area contributed by atoms with Gasteiger partial charge in [0.05, 0.1) is 12.5 Å². The second-order valence-corrected chi connectivity index (χ2v) is 5.65. The average Bonchev–Trinajstić information content (AvgIpc) is 2.72. The van der Waals surface area contributed by atoms with Crippen LogP contribution in [0.15, 0.2) is 48.5 Å². The van der Waals surface area contributed by atoms with Crippen LogP contribution in [0.3, 0.4) is 0 Å². The van der Waals surface area contributed by atoms with Gasteiger partial charge in [0.25, 0.3) is 0 Å². The van der Waals surface area contributed by atoms with Gasteiger partial charge in [-0.25, -0.2) is 8.78 Å². The quantitative estimate of drug-likeness (QED) is 0.884. The Hall–Kier alpha value is -2.27. The van der Waals surface area contributed by atoms with Crippen LogP contribution in [-0.2, 0) is 16.0 Å². The number of rotatable bonds is 3. The van der Waals surface area contributed by atoms with E-state index in [0.29, 0.717) is 12.0 Å². The molecule has 2 atom stereocenters. The minimum atomic E-state index is -0.610. The van der Waals surface area contributed by atoms with Crippen molar-refractivity contribution < 1.29 is 18.3 Å². The van der Waals surface area contributed by atoms with Crippen molar-refractivity contribution in [1.29, 1.82) is 0 Å². The molecule has 2 aromatic rings. The zero-order valence-corrected chi connectivity index (χ0v) is 12.5. The summed E-state index contributed by atoms with van der Waals surface area (Å²) in [5.74, 6) is -1.52. The molecule has 0 spiro atoms. The van der Waals surface area contributed by atoms with Crippen molar-refractivity contribution in [3.63, 3.8) is 0 Å². The zero-order chi connectivity index (χ0) is 16.2. The fourth-order valence-electron chi connectivity index (χ4n) is 2.79. The molecule has 5 heteroatoms. The first-order valence-corrected chi connectivity index (χ1v) is 7.52. The van der Waals surface area contributed by atoms with Gasteiger partial charge in [0.15, 0.2) is 0 Å². The number of benzene rings is 2. The minimum Gasteiger partial charge on any atom is -0.464 e. The first-order valence-electron chi connectivity index (χ1n) is 7.52. The molecule has 0 amide bonds. The molecule has 0 aliphatic carbocycles. The summed E-state index contributed by atoms with van der Waals surface area (Å²) in [5.41, 5.74) is 1.39. The minimum absolute atomic E-state index is 0.142. The van der Waals surface area contributed by atoms with Gasteiger partial charge in [0, 0.05) is 12.1 Å². The van der Waals surface area contributed by atoms with Crippen molar-refractivity contribution in [3.05, 3.63) is 71.3 Å². The molecule has 1 N–H and O–H groups in total. The lowest BCUT2D eigenvalue weighted by Crippen LogP contribution is -2.35. The van der Waals surface area contributed by atoms with Crippen molar-refractivity contribution in [3.8, 4) is 0 Å². The van der Waals surface area contributed by atoms with E-state index in [2.05, 4.69) is 5.32 Å². The van der Waals surface area contributed by atoms with E-state index in [1.54, 1.807) is 0 Å². The van der Waals surface area contributed by atoms with E-state index in [9.17, 15) is 13.6 Å². The first-order chi connectivity index (χ1) is 11.1. The predicted octanol–water partition coefficient (Wildman–Crippen LogP) is 3.15. The summed E-state index contributed by atoms with van der Waals surface area (Å²) in [5, 5.41) is 3.35. The van der Waals surface area contributed by atoms with Crippen LogP contribution in [0.5, 0.6) is 0 Å². The molecule has 3 rings (SSSR count). The zero-order valence-electron chi connectivity index (χ0n) is 12.5. The number of cyclic esters (lactones) is 1. The van der Waals surface area contributed by atoms with Crippen LogP contribution in [-0.4, -0.2) is 18.6 Å². The van der Waals surface area contributed by atoms with Gasteiger partial charge in [0.1, 0.15) is 18.2 Å². The van der Waals surface area contributed by atoms with Gasteiger partial charge >= 0.3 is 5.97 Å². The standard InChI is InChI=1S/C18H17F2NO2/c19-14-7-6-13(16(20)9-14)8-15-10-18(22)23-11-17(21-15)12-4-2-1-3-5-12/h1-7,9,15,17,21H,8,10-11H2/t15-,17-/m1/s1. The molecule has 3 nitrogen and oxygen atoms in total. The SMILES string of the molecule is O=C1C[C@@H](Cc2ccc(F)cc2F)N[C@@H](c2ccccc2)CO1. The maximum atomic E-state index is 13.8. The summed E-state index contributed by atoms with van der Waals surface area (Å²) in [6.45, 7) is 0.241. The Kier molecular flexibility index (Phi) is 4.67. The van der Waals surface area contributed by atoms with Crippen molar-refractivity contribution in [2.24, 2.45) is 0 Å². The molecule has 0 aromatic heterocycles. The first kappa shape index (κ1) is 15.6. The monoisotopic (exact) mass is 317 g/mol. The number of nitrogens with one attached hydrogen (secondary N) is 1. The molecule has 0 bridgehead atoms. The normalized spacial score (nSPS) is 21.6. The number of ether oxygens (including phenoxy) is 1. The molecule has 2 aromatic carbocycles. The van der Waals surface area contributed by atoms with Gasteiger partial charge in [-0.2, -0.15) is 0 Å². The number of hydrogen-bond donors (Lipinski definition) is 1. The summed E-state index contributed by atoms with van der Waals surface area (Å²) >= 11 is 0. The molecule has 1 aliphatic rings. The third-order valence-corrected chi connectivity index (χ3v) is 3.94. The second kappa shape index (κ2) is 6.87. The highest BCUT2D eigenvalue weighted by Gasteiger charge is 2.26. The summed E-state index contributed by atoms with van der Waals surface area (Å²) in [6.07, 6.45) is 0.449. The van der Waals surface area contributed by atoms with Gasteiger partial charge in [0.2, 0.25) is 0 Å². The average molecular weight is 317 g/mol. The fourth-order valence-corrected chi connectivity index (χ4v) is 2.79. The van der Waals surface area contributed by atoms with E-state index < -0.39 is 11.6 Å². The molecule has 1 saturated heterocycles. The lowest BCUT2D eigenvalue weighted by atomic mass is 10.0. The Bertz CT molecular complexity index is 691. The summed E-state index contributed by atoms with van der Waals surface area (Å²) in [7, 11) is 0. The molecule has 23 heavy (non-hydrogen) atoms. The van der Waals surface area contributed by atoms with Gasteiger partial charge in [-0.3, -0.25) is 4.79 Å². The van der Waals surface area contributed by atoms with Crippen LogP contribution in [0.25, 0.3) is 0 Å². The number of hydrogen-bond acceptors (Lipinski definition) is 3. The number of halogens is 2. The van der Waals surface area contributed by atoms with Crippen molar-refractivity contribution in [1.82, 2.24) is 5.32 Å². The Balaban J connectivity index is 1.78. The molecule has 1 aliphatic heterocycles. The summed E-state index contributed by atoms with van der Waals surface area (Å²) in [6, 6.07) is 12.7. The van der Waals surface area contributed by atoms with E-state index in [1.807, 2.05) is 30.3 Å². The molecule has 0 radical (unpaired) electrons. The van der Waals surface area contributed by atoms with Crippen LogP contribution in [0.2, 0.25) is 0 Å². The van der Waals surface area contributed by atoms with Gasteiger partial charge in [-0.05, 0) is 23.6 Å². The maximum Gasteiger partial charge on any atom is 0.307 e. The Labute approximate surface area is 133 Å². The lowest BCUT2D eigenvalue weighted by Gasteiger charge is -2.21. The fraction of sp³-hybridized carbons (Fsp3) is 0.278. The number of carbonyl (C=O) groups is 1. The molecular weight excluding hydrogens is 300 g/mol. The third-order valence-electron chi connectivity index (χ3n) is 3.94. The number of esters is 1. The van der Waals surface area contributed by atoms with Gasteiger partial charge < -0.3 is 10.1 Å². The molecule has 120 valence electrons. The Morgan fingerprint density at radius 3 is 2.65 bits per heavy atom. The van der Waals surface area contributed by atoms with Crippen molar-refractivity contribution in [2.45, 2.75) is 24.9 Å². The highest BCUT2D eigenvalue weighted by molar-refractivity contribution is 5.70. The van der Waals surface area contributed by atoms with E-state index in [1.165, 1.54) is 12.1 Å². The van der Waals surface area contributed by atoms with Gasteiger partial charge in [-0.1, -0.05) is 36.4 Å². The largest absolute Gasteiger partial charge is 0.464 e. The Morgan fingerprint density at radius 2 is 1.91 bits per heavy atom. The molecule has 0 saturated carbocycles. The predicted molar refractivity (Wildman–Crippen MR) is 81.7 cm³/mol. The Morgan fingerprint density at radius 1 is 1.13 bits per heavy atom. The van der Waals surface area contributed by atoms with E-state index in [0.717, 1.165) is 11.6 Å². The van der Waals surface area contributed by atoms with Crippen LogP contribution >= 0.6 is 0 Å². The van der Waals surface area contributed by atoms with E-state index in [-0.39, 0.29) is 31.1 Å². The molecule has 1 fully saturated rings. The van der Waals surface area contributed by atoms with E-state index in [4.69, 9.17) is 4.74 Å². The third kappa shape index (κ3) is 3.93. The van der Waals surface area contributed by atoms with Crippen LogP contribution in [0.4, 0.5) is 8.78 Å². The lowest BCUT2D eigenvalue weighted by molar-refractivity contribution is -0.143. The number of carbonyl (C=O) groups excluding carboxylic acids is 1. The topological polar surface area (TPSA) is 38.3 Å². The summed E-state index contributed by atoms with van der Waals surface area (Å²) in [4.78, 5) is 11.8. The highest BCUT2D eigenvalue weighted by atomic mass is 19.1. The van der Waals surface area contributed by atoms with Crippen LogP contribution < -0.4 is 5.32 Å². The van der Waals surface area contributed by atoms with E-state index >= 15 is 0 Å². The van der Waals surface area contributed by atoms with Crippen molar-refractivity contribution >= 4 is 5.97 Å². The van der Waals surface area contributed by atoms with Crippen molar-refractivity contribution in [2.75, 3.05) is 6.61 Å². The molecule has 1 heterocycles. The van der Waals surface area contributed by atoms with Crippen LogP contribution in [0.1, 0.15) is 23.6 Å². The molecule has 0 unspecified atom stereocenters. The maximum absolute atomic E-state index is 13.8. The summed E-state index contributed by atoms with van der Waals surface area (Å²) < 4.78 is 32.1. The second-order valence-electron chi connectivity index (χ2n) is 5.65. The highest BCUT2D eigenvalue weighted by Crippen LogP contribution is 2.21. The molecular formula is C18H17F2NO2.